The number of benzene rings is 3. The molecule has 1 aliphatic rings. The van der Waals surface area contributed by atoms with Crippen LogP contribution in [0.2, 0.25) is 0 Å². The fraction of sp³-hybridized carbons (Fsp3) is 0.107. The average Bonchev–Trinajstić information content (AvgIpc) is 3.13. The van der Waals surface area contributed by atoms with E-state index >= 15 is 0 Å². The smallest absolute Gasteiger partial charge is 0.317 e. The topological polar surface area (TPSA) is 54.3 Å². The number of nitrogens with zero attached hydrogens (tertiary/aromatic N) is 2. The zero-order valence-corrected chi connectivity index (χ0v) is 20.6. The number of rotatable bonds is 3. The molecule has 2 amide bonds. The van der Waals surface area contributed by atoms with Crippen molar-refractivity contribution in [3.05, 3.63) is 101 Å². The molecule has 1 N–H and O–H groups in total. The zero-order valence-electron chi connectivity index (χ0n) is 19.8. The third-order valence-corrected chi connectivity index (χ3v) is 6.60. The summed E-state index contributed by atoms with van der Waals surface area (Å²) >= 11 is 5.14. The van der Waals surface area contributed by atoms with Crippen molar-refractivity contribution in [3.63, 3.8) is 0 Å². The highest BCUT2D eigenvalue weighted by molar-refractivity contribution is 7.80. The van der Waals surface area contributed by atoms with Crippen LogP contribution in [-0.4, -0.2) is 21.5 Å². The van der Waals surface area contributed by atoms with Crippen LogP contribution in [0.5, 0.6) is 0 Å². The maximum atomic E-state index is 13.4. The molecule has 1 aliphatic heterocycles. The number of halogens is 3. The molecule has 0 radical (unpaired) electrons. The van der Waals surface area contributed by atoms with Crippen molar-refractivity contribution in [1.82, 2.24) is 9.88 Å². The Hall–Kier alpha value is -4.24. The first-order chi connectivity index (χ1) is 17.6. The average molecular weight is 520 g/mol. The molecule has 0 bridgehead atoms. The molecule has 0 atom stereocenters. The minimum absolute atomic E-state index is 0.0862. The number of carbonyl (C=O) groups excluding carboxylic acids is 2. The summed E-state index contributed by atoms with van der Waals surface area (Å²) < 4.78 is 41.8. The van der Waals surface area contributed by atoms with Crippen molar-refractivity contribution < 1.29 is 22.8 Å². The van der Waals surface area contributed by atoms with Gasteiger partial charge in [-0.2, -0.15) is 13.2 Å². The second-order valence-corrected chi connectivity index (χ2v) is 9.05. The van der Waals surface area contributed by atoms with Crippen LogP contribution in [0.3, 0.4) is 0 Å². The molecule has 1 saturated heterocycles. The summed E-state index contributed by atoms with van der Waals surface area (Å²) in [6, 6.07) is 20.0. The van der Waals surface area contributed by atoms with Gasteiger partial charge in [-0.3, -0.25) is 19.8 Å². The SMILES string of the molecule is Cc1cc(/C=C2\C(=O)NC(=S)N(c3cccc(C(F)(F)F)c3)C2=O)c(C)n1-c1cccc2ccccc12. The molecule has 5 nitrogen and oxygen atoms in total. The Morgan fingerprint density at radius 3 is 2.38 bits per heavy atom. The van der Waals surface area contributed by atoms with Crippen molar-refractivity contribution in [2.45, 2.75) is 20.0 Å². The summed E-state index contributed by atoms with van der Waals surface area (Å²) in [7, 11) is 0. The molecule has 0 saturated carbocycles. The molecular formula is C28H20F3N3O2S. The van der Waals surface area contributed by atoms with E-state index in [1.807, 2.05) is 66.9 Å². The van der Waals surface area contributed by atoms with Crippen LogP contribution in [-0.2, 0) is 15.8 Å². The normalized spacial score (nSPS) is 15.5. The first-order valence-electron chi connectivity index (χ1n) is 11.3. The number of alkyl halides is 3. The molecule has 0 aliphatic carbocycles. The summed E-state index contributed by atoms with van der Waals surface area (Å²) in [4.78, 5) is 27.1. The number of aromatic nitrogens is 1. The number of fused-ring (bicyclic) bond motifs is 1. The lowest BCUT2D eigenvalue weighted by Gasteiger charge is -2.29. The molecule has 2 heterocycles. The Bertz CT molecular complexity index is 1630. The predicted molar refractivity (Wildman–Crippen MR) is 140 cm³/mol. The zero-order chi connectivity index (χ0) is 26.5. The maximum absolute atomic E-state index is 13.4. The van der Waals surface area contributed by atoms with Crippen molar-refractivity contribution in [3.8, 4) is 5.69 Å². The van der Waals surface area contributed by atoms with Crippen LogP contribution >= 0.6 is 12.2 Å². The van der Waals surface area contributed by atoms with Gasteiger partial charge in [0.25, 0.3) is 11.8 Å². The van der Waals surface area contributed by atoms with Gasteiger partial charge in [0.15, 0.2) is 5.11 Å². The van der Waals surface area contributed by atoms with Crippen molar-refractivity contribution in [1.29, 1.82) is 0 Å². The van der Waals surface area contributed by atoms with E-state index < -0.39 is 23.6 Å². The van der Waals surface area contributed by atoms with Gasteiger partial charge >= 0.3 is 6.18 Å². The molecular weight excluding hydrogens is 499 g/mol. The monoisotopic (exact) mass is 519 g/mol. The third kappa shape index (κ3) is 4.31. The number of nitrogens with one attached hydrogen (secondary N) is 1. The summed E-state index contributed by atoms with van der Waals surface area (Å²) in [6.07, 6.45) is -3.15. The minimum atomic E-state index is -4.60. The standard InChI is InChI=1S/C28H20F3N3O2S/c1-16-13-19(17(2)33(16)24-12-5-8-18-7-3-4-11-22(18)24)14-23-25(35)32-27(37)34(26(23)36)21-10-6-9-20(15-21)28(29,30)31/h3-15H,1-2H3,(H,32,35,37)/b23-14+. The van der Waals surface area contributed by atoms with E-state index in [-0.39, 0.29) is 16.4 Å². The van der Waals surface area contributed by atoms with Gasteiger partial charge in [0, 0.05) is 16.8 Å². The first-order valence-corrected chi connectivity index (χ1v) is 11.7. The highest BCUT2D eigenvalue weighted by Gasteiger charge is 2.37. The van der Waals surface area contributed by atoms with Gasteiger partial charge in [-0.1, -0.05) is 42.5 Å². The molecule has 1 fully saturated rings. The number of amides is 2. The Labute approximate surface area is 215 Å². The van der Waals surface area contributed by atoms with Crippen LogP contribution in [0.15, 0.2) is 78.4 Å². The Morgan fingerprint density at radius 2 is 1.62 bits per heavy atom. The van der Waals surface area contributed by atoms with E-state index in [9.17, 15) is 22.8 Å². The van der Waals surface area contributed by atoms with Crippen molar-refractivity contribution >= 4 is 51.7 Å². The number of anilines is 1. The lowest BCUT2D eigenvalue weighted by molar-refractivity contribution is -0.137. The van der Waals surface area contributed by atoms with E-state index in [1.165, 1.54) is 18.2 Å². The molecule has 1 aromatic heterocycles. The number of thiocarbonyl (C=S) groups is 1. The van der Waals surface area contributed by atoms with E-state index in [1.54, 1.807) is 0 Å². The van der Waals surface area contributed by atoms with Crippen LogP contribution in [0.4, 0.5) is 18.9 Å². The van der Waals surface area contributed by atoms with Gasteiger partial charge in [-0.15, -0.1) is 0 Å². The van der Waals surface area contributed by atoms with Crippen LogP contribution in [0.25, 0.3) is 22.5 Å². The first kappa shape index (κ1) is 24.5. The molecule has 3 aromatic carbocycles. The number of carbonyl (C=O) groups is 2. The fourth-order valence-electron chi connectivity index (χ4n) is 4.58. The second-order valence-electron chi connectivity index (χ2n) is 8.67. The second kappa shape index (κ2) is 9.01. The Morgan fingerprint density at radius 1 is 0.919 bits per heavy atom. The highest BCUT2D eigenvalue weighted by Crippen LogP contribution is 2.33. The largest absolute Gasteiger partial charge is 0.416 e. The van der Waals surface area contributed by atoms with Crippen LogP contribution in [0, 0.1) is 13.8 Å². The molecule has 186 valence electrons. The molecule has 0 unspecified atom stereocenters. The Kier molecular flexibility index (Phi) is 5.95. The molecule has 4 aromatic rings. The van der Waals surface area contributed by atoms with E-state index in [2.05, 4.69) is 5.32 Å². The third-order valence-electron chi connectivity index (χ3n) is 6.31. The predicted octanol–water partition coefficient (Wildman–Crippen LogP) is 6.10. The number of hydrogen-bond acceptors (Lipinski definition) is 3. The van der Waals surface area contributed by atoms with E-state index in [4.69, 9.17) is 12.2 Å². The molecule has 9 heteroatoms. The molecule has 5 rings (SSSR count). The van der Waals surface area contributed by atoms with Gasteiger partial charge < -0.3 is 4.57 Å². The van der Waals surface area contributed by atoms with Gasteiger partial charge in [-0.05, 0) is 73.4 Å². The van der Waals surface area contributed by atoms with Crippen LogP contribution < -0.4 is 10.2 Å². The van der Waals surface area contributed by atoms with E-state index in [0.717, 1.165) is 44.9 Å². The summed E-state index contributed by atoms with van der Waals surface area (Å²) in [5.74, 6) is -1.52. The quantitative estimate of drug-likeness (QED) is 0.202. The van der Waals surface area contributed by atoms with Gasteiger partial charge in [0.1, 0.15) is 5.57 Å². The highest BCUT2D eigenvalue weighted by atomic mass is 32.1. The van der Waals surface area contributed by atoms with E-state index in [0.29, 0.717) is 5.56 Å². The van der Waals surface area contributed by atoms with Gasteiger partial charge in [0.05, 0.1) is 16.9 Å². The van der Waals surface area contributed by atoms with Crippen molar-refractivity contribution in [2.75, 3.05) is 4.90 Å². The lowest BCUT2D eigenvalue weighted by atomic mass is 10.1. The summed E-state index contributed by atoms with van der Waals surface area (Å²) in [5, 5.41) is 4.25. The lowest BCUT2D eigenvalue weighted by Crippen LogP contribution is -2.54. The Balaban J connectivity index is 1.58. The number of hydrogen-bond donors (Lipinski definition) is 1. The van der Waals surface area contributed by atoms with Crippen LogP contribution in [0.1, 0.15) is 22.5 Å². The fourth-order valence-corrected chi connectivity index (χ4v) is 4.86. The molecule has 37 heavy (non-hydrogen) atoms. The van der Waals surface area contributed by atoms with Gasteiger partial charge in [-0.25, -0.2) is 0 Å². The summed E-state index contributed by atoms with van der Waals surface area (Å²) in [6.45, 7) is 3.80. The maximum Gasteiger partial charge on any atom is 0.416 e. The van der Waals surface area contributed by atoms with Crippen molar-refractivity contribution in [2.24, 2.45) is 0 Å². The van der Waals surface area contributed by atoms with Gasteiger partial charge in [0.2, 0.25) is 0 Å². The molecule has 0 spiro atoms. The minimum Gasteiger partial charge on any atom is -0.317 e. The summed E-state index contributed by atoms with van der Waals surface area (Å²) in [5.41, 5.74) is 2.00. The number of aryl methyl sites for hydroxylation is 1.